The van der Waals surface area contributed by atoms with Gasteiger partial charge in [0.1, 0.15) is 11.6 Å². The molecule has 1 aromatic rings. The topological polar surface area (TPSA) is 69.5 Å². The molecule has 1 amide bonds. The van der Waals surface area contributed by atoms with Gasteiger partial charge in [-0.15, -0.1) is 0 Å². The first-order valence-electron chi connectivity index (χ1n) is 9.89. The molecule has 1 saturated carbocycles. The molecule has 0 bridgehead atoms. The fourth-order valence-electron chi connectivity index (χ4n) is 3.60. The van der Waals surface area contributed by atoms with Crippen LogP contribution < -0.4 is 10.6 Å². The minimum Gasteiger partial charge on any atom is -0.333 e. The SMILES string of the molecule is CC(C)Cc1ccc([C@@H]([NH2+]CC(=O)N[C@@](C)(C#N)C2CC2)C(C)C)cc1. The molecule has 4 nitrogen and oxygen atoms in total. The van der Waals surface area contributed by atoms with Crippen LogP contribution in [0.25, 0.3) is 0 Å². The van der Waals surface area contributed by atoms with E-state index in [1.807, 2.05) is 6.92 Å². The van der Waals surface area contributed by atoms with E-state index in [2.05, 4.69) is 68.7 Å². The Balaban J connectivity index is 1.95. The molecule has 0 unspecified atom stereocenters. The Hall–Kier alpha value is -1.86. The summed E-state index contributed by atoms with van der Waals surface area (Å²) in [5, 5.41) is 14.5. The van der Waals surface area contributed by atoms with Crippen LogP contribution >= 0.6 is 0 Å². The number of quaternary nitrogens is 1. The van der Waals surface area contributed by atoms with E-state index in [1.54, 1.807) is 0 Å². The van der Waals surface area contributed by atoms with E-state index in [9.17, 15) is 10.1 Å². The van der Waals surface area contributed by atoms with Crippen molar-refractivity contribution < 1.29 is 10.1 Å². The number of carbonyl (C=O) groups is 1. The fourth-order valence-corrected chi connectivity index (χ4v) is 3.60. The van der Waals surface area contributed by atoms with Gasteiger partial charge in [-0.05, 0) is 43.6 Å². The van der Waals surface area contributed by atoms with Crippen LogP contribution in [0.3, 0.4) is 0 Å². The highest BCUT2D eigenvalue weighted by Gasteiger charge is 2.43. The Morgan fingerprint density at radius 2 is 1.88 bits per heavy atom. The summed E-state index contributed by atoms with van der Waals surface area (Å²) in [4.78, 5) is 12.4. The number of amides is 1. The Morgan fingerprint density at radius 1 is 1.27 bits per heavy atom. The zero-order valence-corrected chi connectivity index (χ0v) is 16.9. The standard InChI is InChI=1S/C22H33N3O/c1-15(2)12-17-6-8-18(9-7-17)21(16(3)4)24-13-20(26)25-22(5,14-23)19-10-11-19/h6-9,15-16,19,21,24H,10-13H2,1-5H3,(H,25,26)/p+1/t21-,22-/m0/s1. The van der Waals surface area contributed by atoms with Crippen LogP contribution in [0.2, 0.25) is 0 Å². The molecule has 2 atom stereocenters. The molecule has 142 valence electrons. The number of carbonyl (C=O) groups excluding carboxylic acids is 1. The molecule has 1 aliphatic rings. The maximum absolute atomic E-state index is 12.4. The Morgan fingerprint density at radius 3 is 2.35 bits per heavy atom. The van der Waals surface area contributed by atoms with E-state index in [0.29, 0.717) is 24.3 Å². The fraction of sp³-hybridized carbons (Fsp3) is 0.636. The van der Waals surface area contributed by atoms with Gasteiger partial charge in [-0.25, -0.2) is 0 Å². The van der Waals surface area contributed by atoms with Gasteiger partial charge >= 0.3 is 0 Å². The van der Waals surface area contributed by atoms with Gasteiger partial charge in [0.2, 0.25) is 0 Å². The average molecular weight is 357 g/mol. The molecular weight excluding hydrogens is 322 g/mol. The zero-order chi connectivity index (χ0) is 19.3. The van der Waals surface area contributed by atoms with Crippen molar-refractivity contribution in [2.24, 2.45) is 17.8 Å². The lowest BCUT2D eigenvalue weighted by molar-refractivity contribution is -0.692. The highest BCUT2D eigenvalue weighted by Crippen LogP contribution is 2.39. The van der Waals surface area contributed by atoms with Crippen molar-refractivity contribution in [1.29, 1.82) is 5.26 Å². The second-order valence-corrected chi connectivity index (χ2v) is 8.69. The molecule has 0 saturated heterocycles. The summed E-state index contributed by atoms with van der Waals surface area (Å²) < 4.78 is 0. The zero-order valence-electron chi connectivity index (χ0n) is 16.9. The van der Waals surface area contributed by atoms with Crippen LogP contribution in [0.15, 0.2) is 24.3 Å². The number of nitrogens with zero attached hydrogens (tertiary/aromatic N) is 1. The van der Waals surface area contributed by atoms with Crippen molar-refractivity contribution in [3.05, 3.63) is 35.4 Å². The number of nitrogens with two attached hydrogens (primary N) is 1. The summed E-state index contributed by atoms with van der Waals surface area (Å²) in [7, 11) is 0. The maximum Gasteiger partial charge on any atom is 0.276 e. The van der Waals surface area contributed by atoms with Crippen LogP contribution in [-0.4, -0.2) is 18.0 Å². The van der Waals surface area contributed by atoms with Gasteiger partial charge in [-0.1, -0.05) is 52.0 Å². The molecule has 0 heterocycles. The molecule has 2 rings (SSSR count). The molecule has 3 N–H and O–H groups in total. The summed E-state index contributed by atoms with van der Waals surface area (Å²) in [6.45, 7) is 11.0. The molecule has 1 aliphatic carbocycles. The molecule has 0 spiro atoms. The molecular formula is C22H34N3O+. The van der Waals surface area contributed by atoms with Crippen molar-refractivity contribution in [2.45, 2.75) is 65.5 Å². The first-order valence-corrected chi connectivity index (χ1v) is 9.89. The second kappa shape index (κ2) is 8.68. The summed E-state index contributed by atoms with van der Waals surface area (Å²) in [5.74, 6) is 1.33. The predicted molar refractivity (Wildman–Crippen MR) is 104 cm³/mol. The predicted octanol–water partition coefficient (Wildman–Crippen LogP) is 2.95. The molecule has 1 aromatic carbocycles. The quantitative estimate of drug-likeness (QED) is 0.714. The minimum absolute atomic E-state index is 0.0528. The molecule has 0 radical (unpaired) electrons. The summed E-state index contributed by atoms with van der Waals surface area (Å²) >= 11 is 0. The third kappa shape index (κ3) is 5.57. The number of hydrogen-bond donors (Lipinski definition) is 2. The van der Waals surface area contributed by atoms with Gasteiger partial charge in [0.05, 0.1) is 6.07 Å². The monoisotopic (exact) mass is 356 g/mol. The molecule has 0 aromatic heterocycles. The Kier molecular flexibility index (Phi) is 6.83. The summed E-state index contributed by atoms with van der Waals surface area (Å²) in [6.07, 6.45) is 3.16. The van der Waals surface area contributed by atoms with Crippen molar-refractivity contribution in [1.82, 2.24) is 5.32 Å². The van der Waals surface area contributed by atoms with Gasteiger partial charge in [-0.2, -0.15) is 5.26 Å². The van der Waals surface area contributed by atoms with E-state index in [1.165, 1.54) is 11.1 Å². The van der Waals surface area contributed by atoms with Gasteiger partial charge in [0.15, 0.2) is 6.54 Å². The molecule has 1 fully saturated rings. The van der Waals surface area contributed by atoms with E-state index >= 15 is 0 Å². The van der Waals surface area contributed by atoms with Crippen LogP contribution in [0.4, 0.5) is 0 Å². The third-order valence-corrected chi connectivity index (χ3v) is 5.31. The number of hydrogen-bond acceptors (Lipinski definition) is 2. The lowest BCUT2D eigenvalue weighted by Gasteiger charge is -2.24. The average Bonchev–Trinajstić information content (AvgIpc) is 3.41. The smallest absolute Gasteiger partial charge is 0.276 e. The normalized spacial score (nSPS) is 17.6. The molecule has 26 heavy (non-hydrogen) atoms. The number of benzene rings is 1. The van der Waals surface area contributed by atoms with Gasteiger partial charge < -0.3 is 10.6 Å². The maximum atomic E-state index is 12.4. The van der Waals surface area contributed by atoms with E-state index in [0.717, 1.165) is 19.3 Å². The number of rotatable bonds is 9. The summed E-state index contributed by atoms with van der Waals surface area (Å²) in [6, 6.07) is 11.3. The van der Waals surface area contributed by atoms with Crippen molar-refractivity contribution in [2.75, 3.05) is 6.54 Å². The number of nitriles is 1. The second-order valence-electron chi connectivity index (χ2n) is 8.69. The van der Waals surface area contributed by atoms with Crippen LogP contribution in [0.5, 0.6) is 0 Å². The first-order chi connectivity index (χ1) is 12.2. The lowest BCUT2D eigenvalue weighted by atomic mass is 9.93. The summed E-state index contributed by atoms with van der Waals surface area (Å²) in [5.41, 5.74) is 1.90. The largest absolute Gasteiger partial charge is 0.333 e. The van der Waals surface area contributed by atoms with E-state index in [-0.39, 0.29) is 11.9 Å². The minimum atomic E-state index is -0.712. The molecule has 4 heteroatoms. The third-order valence-electron chi connectivity index (χ3n) is 5.31. The van der Waals surface area contributed by atoms with Gasteiger partial charge in [-0.3, -0.25) is 4.79 Å². The van der Waals surface area contributed by atoms with E-state index < -0.39 is 5.54 Å². The Labute approximate surface area is 158 Å². The number of nitrogens with one attached hydrogen (secondary N) is 1. The van der Waals surface area contributed by atoms with Crippen molar-refractivity contribution in [3.8, 4) is 6.07 Å². The van der Waals surface area contributed by atoms with E-state index in [4.69, 9.17) is 0 Å². The first kappa shape index (κ1) is 20.5. The lowest BCUT2D eigenvalue weighted by Crippen LogP contribution is -2.88. The van der Waals surface area contributed by atoms with Gasteiger partial charge in [0.25, 0.3) is 5.91 Å². The van der Waals surface area contributed by atoms with Crippen LogP contribution in [0.1, 0.15) is 64.6 Å². The van der Waals surface area contributed by atoms with Crippen molar-refractivity contribution in [3.63, 3.8) is 0 Å². The Bertz CT molecular complexity index is 640. The highest BCUT2D eigenvalue weighted by molar-refractivity contribution is 5.78. The van der Waals surface area contributed by atoms with Gasteiger partial charge in [0, 0.05) is 11.5 Å². The highest BCUT2D eigenvalue weighted by atomic mass is 16.2. The molecule has 0 aliphatic heterocycles. The van der Waals surface area contributed by atoms with Crippen LogP contribution in [0, 0.1) is 29.1 Å². The van der Waals surface area contributed by atoms with Crippen molar-refractivity contribution >= 4 is 5.91 Å². The van der Waals surface area contributed by atoms with Crippen LogP contribution in [-0.2, 0) is 11.2 Å².